The van der Waals surface area contributed by atoms with Gasteiger partial charge >= 0.3 is 173 Å². The van der Waals surface area contributed by atoms with Crippen molar-refractivity contribution < 1.29 is 0 Å². The Labute approximate surface area is 172 Å². The number of allylic oxidation sites excluding steroid dienone is 1. The van der Waals surface area contributed by atoms with Crippen LogP contribution < -0.4 is 0 Å². The first-order chi connectivity index (χ1) is 12.6. The summed E-state index contributed by atoms with van der Waals surface area (Å²) >= 11 is 3.80. The molecule has 0 amide bonds. The van der Waals surface area contributed by atoms with Crippen LogP contribution >= 0.6 is 11.6 Å². The molecule has 0 aliphatic rings. The molecule has 2 heteroatoms. The van der Waals surface area contributed by atoms with Gasteiger partial charge in [-0.15, -0.1) is 0 Å². The molecule has 0 saturated heterocycles. The number of halogens is 1. The van der Waals surface area contributed by atoms with Crippen molar-refractivity contribution in [2.24, 2.45) is 0 Å². The summed E-state index contributed by atoms with van der Waals surface area (Å²) in [7, 11) is 0. The van der Waals surface area contributed by atoms with Crippen molar-refractivity contribution in [1.82, 2.24) is 0 Å². The Morgan fingerprint density at radius 2 is 1.23 bits per heavy atom. The summed E-state index contributed by atoms with van der Waals surface area (Å²) in [6, 6.07) is 8.80. The van der Waals surface area contributed by atoms with Crippen molar-refractivity contribution in [2.75, 3.05) is 0 Å². The fourth-order valence-corrected chi connectivity index (χ4v) is 21.3. The summed E-state index contributed by atoms with van der Waals surface area (Å²) < 4.78 is 6.42. The van der Waals surface area contributed by atoms with E-state index >= 15 is 0 Å². The number of benzene rings is 1. The van der Waals surface area contributed by atoms with Crippen LogP contribution in [0.2, 0.25) is 18.3 Å². The Balaban J connectivity index is 3.33. The van der Waals surface area contributed by atoms with Crippen LogP contribution in [0.1, 0.15) is 91.0 Å². The van der Waals surface area contributed by atoms with E-state index in [0.29, 0.717) is 0 Å². The molecule has 1 aromatic carbocycles. The monoisotopic (exact) mass is 484 g/mol. The Morgan fingerprint density at radius 3 is 1.65 bits per heavy atom. The van der Waals surface area contributed by atoms with Gasteiger partial charge in [-0.1, -0.05) is 0 Å². The quantitative estimate of drug-likeness (QED) is 0.183. The second kappa shape index (κ2) is 14.1. The van der Waals surface area contributed by atoms with E-state index in [2.05, 4.69) is 58.0 Å². The molecule has 148 valence electrons. The molecule has 0 atom stereocenters. The summed E-state index contributed by atoms with van der Waals surface area (Å²) in [5.41, 5.74) is 1.49. The Kier molecular flexibility index (Phi) is 13.1. The van der Waals surface area contributed by atoms with Gasteiger partial charge in [0.05, 0.1) is 0 Å². The molecular formula is C24H41ClSn. The van der Waals surface area contributed by atoms with Crippen molar-refractivity contribution in [1.29, 1.82) is 0 Å². The standard InChI is InChI=1S/C12H14Cl.3C4H9.Sn/c1-2-3-4-5-6-11-7-9-12(13)10-8-11;3*1-3-4-2;/h5,7-10H,2-4H2,1H3;3*1,3-4H2,2H3;. The van der Waals surface area contributed by atoms with E-state index in [4.69, 9.17) is 11.6 Å². The topological polar surface area (TPSA) is 0 Å². The molecular weight excluding hydrogens is 442 g/mol. The van der Waals surface area contributed by atoms with Crippen LogP contribution in [-0.2, 0) is 0 Å². The molecule has 0 spiro atoms. The van der Waals surface area contributed by atoms with Crippen molar-refractivity contribution >= 4 is 33.6 Å². The molecule has 0 aliphatic heterocycles. The second-order valence-corrected chi connectivity index (χ2v) is 21.4. The molecule has 1 aromatic rings. The van der Waals surface area contributed by atoms with Crippen LogP contribution in [0.4, 0.5) is 0 Å². The maximum atomic E-state index is 6.21. The summed E-state index contributed by atoms with van der Waals surface area (Å²) in [4.78, 5) is 0. The van der Waals surface area contributed by atoms with Crippen molar-refractivity contribution in [2.45, 2.75) is 98.8 Å². The van der Waals surface area contributed by atoms with Gasteiger partial charge in [0, 0.05) is 0 Å². The van der Waals surface area contributed by atoms with Crippen LogP contribution in [0.15, 0.2) is 30.3 Å². The van der Waals surface area contributed by atoms with E-state index in [1.54, 1.807) is 0 Å². The first-order valence-electron chi connectivity index (χ1n) is 11.1. The van der Waals surface area contributed by atoms with E-state index in [-0.39, 0.29) is 0 Å². The predicted octanol–water partition coefficient (Wildman–Crippen LogP) is 9.30. The van der Waals surface area contributed by atoms with Crippen molar-refractivity contribution in [3.63, 3.8) is 0 Å². The van der Waals surface area contributed by atoms with Crippen LogP contribution in [0.5, 0.6) is 0 Å². The summed E-state index contributed by atoms with van der Waals surface area (Å²) in [5.74, 6) is 0. The average molecular weight is 484 g/mol. The number of hydrogen-bond acceptors (Lipinski definition) is 0. The summed E-state index contributed by atoms with van der Waals surface area (Å²) in [6.45, 7) is 9.38. The van der Waals surface area contributed by atoms with E-state index < -0.39 is 18.4 Å². The molecule has 0 aliphatic carbocycles. The Hall–Kier alpha value is 0.0487. The molecule has 0 heterocycles. The molecule has 0 aromatic heterocycles. The van der Waals surface area contributed by atoms with Gasteiger partial charge in [0.25, 0.3) is 0 Å². The van der Waals surface area contributed by atoms with Crippen LogP contribution in [0.25, 0.3) is 3.59 Å². The molecule has 0 nitrogen and oxygen atoms in total. The third-order valence-electron chi connectivity index (χ3n) is 5.66. The molecule has 26 heavy (non-hydrogen) atoms. The minimum atomic E-state index is -2.41. The molecule has 0 fully saturated rings. The Bertz CT molecular complexity index is 482. The van der Waals surface area contributed by atoms with Gasteiger partial charge in [0.2, 0.25) is 0 Å². The van der Waals surface area contributed by atoms with Crippen LogP contribution in [0, 0.1) is 0 Å². The fourth-order valence-electron chi connectivity index (χ4n) is 4.05. The minimum absolute atomic E-state index is 0.859. The third kappa shape index (κ3) is 7.97. The summed E-state index contributed by atoms with van der Waals surface area (Å²) in [6.07, 6.45) is 14.8. The molecule has 0 unspecified atom stereocenters. The summed E-state index contributed by atoms with van der Waals surface area (Å²) in [5, 5.41) is 0.859. The fraction of sp³-hybridized carbons (Fsp3) is 0.667. The van der Waals surface area contributed by atoms with Gasteiger partial charge < -0.3 is 0 Å². The number of rotatable bonds is 14. The third-order valence-corrected chi connectivity index (χ3v) is 21.8. The zero-order valence-electron chi connectivity index (χ0n) is 17.7. The number of hydrogen-bond donors (Lipinski definition) is 0. The van der Waals surface area contributed by atoms with Crippen LogP contribution in [-0.4, -0.2) is 18.4 Å². The average Bonchev–Trinajstić information content (AvgIpc) is 2.66. The van der Waals surface area contributed by atoms with Gasteiger partial charge in [0.1, 0.15) is 0 Å². The molecule has 0 N–H and O–H groups in total. The Morgan fingerprint density at radius 1 is 0.769 bits per heavy atom. The van der Waals surface area contributed by atoms with Gasteiger partial charge in [-0.25, -0.2) is 0 Å². The van der Waals surface area contributed by atoms with Crippen molar-refractivity contribution in [3.05, 3.63) is 40.9 Å². The van der Waals surface area contributed by atoms with E-state index in [9.17, 15) is 0 Å². The molecule has 0 radical (unpaired) electrons. The first kappa shape index (κ1) is 24.1. The van der Waals surface area contributed by atoms with E-state index in [1.807, 2.05) is 3.59 Å². The van der Waals surface area contributed by atoms with Crippen molar-refractivity contribution in [3.8, 4) is 0 Å². The van der Waals surface area contributed by atoms with E-state index in [0.717, 1.165) is 5.02 Å². The second-order valence-electron chi connectivity index (χ2n) is 7.86. The zero-order chi connectivity index (χ0) is 19.3. The van der Waals surface area contributed by atoms with Gasteiger partial charge in [-0.3, -0.25) is 0 Å². The maximum absolute atomic E-state index is 6.21. The SMILES string of the molecule is CCCC/C=[C](\c1ccc(Cl)cc1)[Sn]([CH2]CCC)([CH2]CCC)[CH2]CCC. The zero-order valence-corrected chi connectivity index (χ0v) is 21.4. The van der Waals surface area contributed by atoms with Gasteiger partial charge in [-0.2, -0.15) is 0 Å². The molecule has 0 saturated carbocycles. The van der Waals surface area contributed by atoms with E-state index in [1.165, 1.54) is 76.7 Å². The first-order valence-corrected chi connectivity index (χ1v) is 19.0. The predicted molar refractivity (Wildman–Crippen MR) is 124 cm³/mol. The number of unbranched alkanes of at least 4 members (excludes halogenated alkanes) is 5. The normalized spacial score (nSPS) is 12.6. The van der Waals surface area contributed by atoms with Crippen LogP contribution in [0.3, 0.4) is 0 Å². The van der Waals surface area contributed by atoms with Gasteiger partial charge in [0.15, 0.2) is 0 Å². The molecule has 0 bridgehead atoms. The van der Waals surface area contributed by atoms with Gasteiger partial charge in [-0.05, 0) is 0 Å². The molecule has 1 rings (SSSR count).